The van der Waals surface area contributed by atoms with Gasteiger partial charge in [0.25, 0.3) is 11.8 Å². The largest absolute Gasteiger partial charge is 0.478 e. The van der Waals surface area contributed by atoms with Crippen molar-refractivity contribution >= 4 is 39.9 Å². The van der Waals surface area contributed by atoms with E-state index >= 15 is 0 Å². The number of methoxy groups -OCH3 is 1. The number of nitrogens with one attached hydrogen (secondary N) is 2. The van der Waals surface area contributed by atoms with Gasteiger partial charge in [0.15, 0.2) is 5.13 Å². The van der Waals surface area contributed by atoms with E-state index in [0.717, 1.165) is 16.9 Å². The van der Waals surface area contributed by atoms with Crippen LogP contribution < -0.4 is 10.6 Å². The quantitative estimate of drug-likeness (QED) is 0.734. The average Bonchev–Trinajstić information content (AvgIpc) is 2.98. The second-order valence-corrected chi connectivity index (χ2v) is 5.67. The Hall–Kier alpha value is -2.78. The molecule has 3 N–H and O–H groups in total. The number of carbonyl (C=O) groups excluding carboxylic acids is 2. The van der Waals surface area contributed by atoms with Gasteiger partial charge in [-0.3, -0.25) is 14.9 Å². The second-order valence-electron chi connectivity index (χ2n) is 4.81. The lowest BCUT2D eigenvalue weighted by Crippen LogP contribution is -2.18. The SMILES string of the molecule is COCC(=O)Nc1nc(C(=O)Nc2cc(C(=O)O)ccc2C)cs1. The number of ether oxygens (including phenoxy) is 1. The molecular weight excluding hydrogens is 334 g/mol. The summed E-state index contributed by atoms with van der Waals surface area (Å²) < 4.78 is 4.69. The van der Waals surface area contributed by atoms with Crippen molar-refractivity contribution in [2.45, 2.75) is 6.92 Å². The molecule has 2 amide bonds. The minimum Gasteiger partial charge on any atom is -0.478 e. The number of benzene rings is 1. The number of carboxylic acids is 1. The van der Waals surface area contributed by atoms with E-state index < -0.39 is 11.9 Å². The standard InChI is InChI=1S/C15H15N3O5S/c1-8-3-4-9(14(21)22)5-10(8)16-13(20)11-7-24-15(17-11)18-12(19)6-23-2/h3-5,7H,6H2,1-2H3,(H,16,20)(H,21,22)(H,17,18,19). The fourth-order valence-corrected chi connectivity index (χ4v) is 2.50. The molecule has 0 bridgehead atoms. The molecule has 2 rings (SSSR count). The number of nitrogens with zero attached hydrogens (tertiary/aromatic N) is 1. The lowest BCUT2D eigenvalue weighted by atomic mass is 10.1. The lowest BCUT2D eigenvalue weighted by Gasteiger charge is -2.08. The van der Waals surface area contributed by atoms with E-state index in [9.17, 15) is 14.4 Å². The molecule has 1 aromatic carbocycles. The molecule has 1 aromatic heterocycles. The van der Waals surface area contributed by atoms with Gasteiger partial charge in [0, 0.05) is 18.2 Å². The molecule has 2 aromatic rings. The predicted octanol–water partition coefficient (Wildman–Crippen LogP) is 1.99. The summed E-state index contributed by atoms with van der Waals surface area (Å²) in [4.78, 5) is 38.6. The summed E-state index contributed by atoms with van der Waals surface area (Å²) >= 11 is 1.10. The number of thiazole rings is 1. The molecule has 0 aliphatic heterocycles. The highest BCUT2D eigenvalue weighted by Gasteiger charge is 2.14. The third kappa shape index (κ3) is 4.37. The maximum absolute atomic E-state index is 12.2. The van der Waals surface area contributed by atoms with Crippen LogP contribution in [0.4, 0.5) is 10.8 Å². The highest BCUT2D eigenvalue weighted by atomic mass is 32.1. The number of hydrogen-bond acceptors (Lipinski definition) is 6. The van der Waals surface area contributed by atoms with E-state index in [1.165, 1.54) is 24.6 Å². The molecule has 0 atom stereocenters. The van der Waals surface area contributed by atoms with Crippen molar-refractivity contribution in [3.05, 3.63) is 40.4 Å². The molecule has 8 nitrogen and oxygen atoms in total. The van der Waals surface area contributed by atoms with Crippen molar-refractivity contribution in [2.75, 3.05) is 24.4 Å². The van der Waals surface area contributed by atoms with Gasteiger partial charge in [0.2, 0.25) is 0 Å². The Balaban J connectivity index is 2.10. The van der Waals surface area contributed by atoms with Gasteiger partial charge >= 0.3 is 5.97 Å². The number of rotatable bonds is 6. The molecular formula is C15H15N3O5S. The van der Waals surface area contributed by atoms with E-state index in [4.69, 9.17) is 9.84 Å². The number of anilines is 2. The summed E-state index contributed by atoms with van der Waals surface area (Å²) in [6.45, 7) is 1.64. The summed E-state index contributed by atoms with van der Waals surface area (Å²) in [5.41, 5.74) is 1.30. The molecule has 0 fully saturated rings. The lowest BCUT2D eigenvalue weighted by molar-refractivity contribution is -0.119. The van der Waals surface area contributed by atoms with Gasteiger partial charge in [0.05, 0.1) is 5.56 Å². The highest BCUT2D eigenvalue weighted by Crippen LogP contribution is 2.20. The maximum Gasteiger partial charge on any atom is 0.335 e. The van der Waals surface area contributed by atoms with E-state index in [0.29, 0.717) is 5.69 Å². The van der Waals surface area contributed by atoms with Gasteiger partial charge in [-0.25, -0.2) is 9.78 Å². The Bertz CT molecular complexity index is 787. The smallest absolute Gasteiger partial charge is 0.335 e. The van der Waals surface area contributed by atoms with Crippen LogP contribution in [-0.2, 0) is 9.53 Å². The molecule has 0 aliphatic carbocycles. The van der Waals surface area contributed by atoms with Crippen LogP contribution >= 0.6 is 11.3 Å². The minimum atomic E-state index is -1.08. The molecule has 1 heterocycles. The number of amides is 2. The van der Waals surface area contributed by atoms with Gasteiger partial charge in [-0.15, -0.1) is 11.3 Å². The van der Waals surface area contributed by atoms with E-state index in [1.807, 2.05) is 0 Å². The zero-order valence-electron chi connectivity index (χ0n) is 13.0. The normalized spacial score (nSPS) is 10.2. The maximum atomic E-state index is 12.2. The summed E-state index contributed by atoms with van der Waals surface area (Å²) in [5.74, 6) is -1.95. The molecule has 0 saturated carbocycles. The fraction of sp³-hybridized carbons (Fsp3) is 0.200. The zero-order chi connectivity index (χ0) is 17.7. The number of aryl methyl sites for hydroxylation is 1. The first-order valence-electron chi connectivity index (χ1n) is 6.80. The summed E-state index contributed by atoms with van der Waals surface area (Å²) in [6.07, 6.45) is 0. The number of aromatic carboxylic acids is 1. The van der Waals surface area contributed by atoms with Crippen LogP contribution in [0.15, 0.2) is 23.6 Å². The highest BCUT2D eigenvalue weighted by molar-refractivity contribution is 7.14. The van der Waals surface area contributed by atoms with Crippen LogP contribution in [0.5, 0.6) is 0 Å². The molecule has 0 aliphatic rings. The van der Waals surface area contributed by atoms with Crippen molar-refractivity contribution in [2.24, 2.45) is 0 Å². The molecule has 126 valence electrons. The minimum absolute atomic E-state index is 0.0710. The number of carbonyl (C=O) groups is 3. The van der Waals surface area contributed by atoms with Crippen molar-refractivity contribution in [3.63, 3.8) is 0 Å². The number of hydrogen-bond donors (Lipinski definition) is 3. The van der Waals surface area contributed by atoms with Crippen LogP contribution in [0.1, 0.15) is 26.4 Å². The Morgan fingerprint density at radius 3 is 2.71 bits per heavy atom. The predicted molar refractivity (Wildman–Crippen MR) is 88.7 cm³/mol. The number of carboxylic acid groups (broad SMARTS) is 1. The zero-order valence-corrected chi connectivity index (χ0v) is 13.8. The first-order chi connectivity index (χ1) is 11.4. The van der Waals surface area contributed by atoms with Crippen molar-refractivity contribution < 1.29 is 24.2 Å². The Labute approximate surface area is 141 Å². The number of aromatic nitrogens is 1. The first-order valence-corrected chi connectivity index (χ1v) is 7.68. The summed E-state index contributed by atoms with van der Waals surface area (Å²) in [5, 5.41) is 15.9. The van der Waals surface area contributed by atoms with E-state index in [2.05, 4.69) is 15.6 Å². The fourth-order valence-electron chi connectivity index (χ4n) is 1.80. The van der Waals surface area contributed by atoms with E-state index in [1.54, 1.807) is 13.0 Å². The van der Waals surface area contributed by atoms with Gasteiger partial charge in [-0.05, 0) is 24.6 Å². The Kier molecular flexibility index (Phi) is 5.61. The Morgan fingerprint density at radius 1 is 1.29 bits per heavy atom. The van der Waals surface area contributed by atoms with Crippen LogP contribution in [-0.4, -0.2) is 41.6 Å². The van der Waals surface area contributed by atoms with Crippen molar-refractivity contribution in [1.82, 2.24) is 4.98 Å². The molecule has 9 heteroatoms. The molecule has 24 heavy (non-hydrogen) atoms. The van der Waals surface area contributed by atoms with Crippen LogP contribution in [0.3, 0.4) is 0 Å². The van der Waals surface area contributed by atoms with Crippen molar-refractivity contribution in [1.29, 1.82) is 0 Å². The third-order valence-electron chi connectivity index (χ3n) is 2.99. The van der Waals surface area contributed by atoms with Crippen molar-refractivity contribution in [3.8, 4) is 0 Å². The van der Waals surface area contributed by atoms with Crippen LogP contribution in [0.25, 0.3) is 0 Å². The monoisotopic (exact) mass is 349 g/mol. The molecule has 0 spiro atoms. The molecule has 0 saturated heterocycles. The van der Waals surface area contributed by atoms with Gasteiger partial charge < -0.3 is 15.2 Å². The second kappa shape index (κ2) is 7.66. The Morgan fingerprint density at radius 2 is 2.04 bits per heavy atom. The van der Waals surface area contributed by atoms with Crippen LogP contribution in [0.2, 0.25) is 0 Å². The molecule has 0 unspecified atom stereocenters. The summed E-state index contributed by atoms with van der Waals surface area (Å²) in [6, 6.07) is 4.44. The third-order valence-corrected chi connectivity index (χ3v) is 3.75. The first kappa shape index (κ1) is 17.6. The van der Waals surface area contributed by atoms with Crippen LogP contribution in [0, 0.1) is 6.92 Å². The topological polar surface area (TPSA) is 118 Å². The molecule has 0 radical (unpaired) electrons. The summed E-state index contributed by atoms with van der Waals surface area (Å²) in [7, 11) is 1.40. The average molecular weight is 349 g/mol. The van der Waals surface area contributed by atoms with Gasteiger partial charge in [-0.2, -0.15) is 0 Å². The van der Waals surface area contributed by atoms with E-state index in [-0.39, 0.29) is 28.9 Å². The van der Waals surface area contributed by atoms with Gasteiger partial charge in [0.1, 0.15) is 12.3 Å². The van der Waals surface area contributed by atoms with Gasteiger partial charge in [-0.1, -0.05) is 6.07 Å².